The number of phenols is 2. The van der Waals surface area contributed by atoms with Crippen LogP contribution in [0.15, 0.2) is 18.2 Å². The number of nitrogens with one attached hydrogen (secondary N) is 1. The highest BCUT2D eigenvalue weighted by atomic mass is 19.4. The predicted octanol–water partition coefficient (Wildman–Crippen LogP) is 0.579. The number of carbonyl (C=O) groups excluding carboxylic acids is 2. The van der Waals surface area contributed by atoms with Gasteiger partial charge in [0, 0.05) is 6.42 Å². The van der Waals surface area contributed by atoms with Gasteiger partial charge in [-0.25, -0.2) is 0 Å². The SMILES string of the molecule is CC(N)(Cc1ccc(O)c(O)c1)C(=O)OCCNC(=O)C(F)(F)F. The lowest BCUT2D eigenvalue weighted by atomic mass is 9.94. The van der Waals surface area contributed by atoms with Crippen molar-refractivity contribution in [1.29, 1.82) is 0 Å². The molecule has 0 fully saturated rings. The maximum absolute atomic E-state index is 11.9. The molecule has 1 aromatic carbocycles. The molecule has 0 saturated carbocycles. The van der Waals surface area contributed by atoms with E-state index in [1.807, 2.05) is 0 Å². The van der Waals surface area contributed by atoms with Gasteiger partial charge >= 0.3 is 18.1 Å². The summed E-state index contributed by atoms with van der Waals surface area (Å²) in [6, 6.07) is 3.88. The largest absolute Gasteiger partial charge is 0.504 e. The molecule has 7 nitrogen and oxygen atoms in total. The number of halogens is 3. The number of hydrogen-bond acceptors (Lipinski definition) is 6. The molecule has 0 bridgehead atoms. The van der Waals surface area contributed by atoms with Crippen molar-refractivity contribution in [3.05, 3.63) is 23.8 Å². The van der Waals surface area contributed by atoms with Gasteiger partial charge in [0.2, 0.25) is 0 Å². The highest BCUT2D eigenvalue weighted by Crippen LogP contribution is 2.26. The molecule has 0 aliphatic heterocycles. The van der Waals surface area contributed by atoms with Crippen LogP contribution in [0.1, 0.15) is 12.5 Å². The Morgan fingerprint density at radius 1 is 1.25 bits per heavy atom. The maximum atomic E-state index is 11.9. The minimum atomic E-state index is -5.01. The summed E-state index contributed by atoms with van der Waals surface area (Å²) in [5, 5.41) is 20.1. The second kappa shape index (κ2) is 7.39. The molecule has 1 rings (SSSR count). The second-order valence-corrected chi connectivity index (χ2v) is 5.31. The number of nitrogens with two attached hydrogens (primary N) is 1. The van der Waals surface area contributed by atoms with E-state index in [-0.39, 0.29) is 17.9 Å². The van der Waals surface area contributed by atoms with Gasteiger partial charge in [-0.15, -0.1) is 0 Å². The highest BCUT2D eigenvalue weighted by Gasteiger charge is 2.38. The van der Waals surface area contributed by atoms with E-state index in [1.165, 1.54) is 25.1 Å². The molecule has 0 aliphatic rings. The lowest BCUT2D eigenvalue weighted by Crippen LogP contribution is -2.48. The number of hydrogen-bond donors (Lipinski definition) is 4. The number of aromatic hydroxyl groups is 2. The molecule has 0 heterocycles. The summed E-state index contributed by atoms with van der Waals surface area (Å²) in [6.07, 6.45) is -5.05. The van der Waals surface area contributed by atoms with Crippen LogP contribution in [-0.2, 0) is 20.7 Å². The topological polar surface area (TPSA) is 122 Å². The Balaban J connectivity index is 2.50. The van der Waals surface area contributed by atoms with Gasteiger partial charge in [-0.2, -0.15) is 13.2 Å². The summed E-state index contributed by atoms with van der Waals surface area (Å²) in [5.41, 5.74) is 4.73. The molecule has 24 heavy (non-hydrogen) atoms. The standard InChI is InChI=1S/C14H17F3N2O5/c1-13(18,7-8-2-3-9(20)10(21)6-8)12(23)24-5-4-19-11(22)14(15,16)17/h2-3,6,20-21H,4-5,7,18H2,1H3,(H,19,22). The molecule has 0 aromatic heterocycles. The fraction of sp³-hybridized carbons (Fsp3) is 0.429. The second-order valence-electron chi connectivity index (χ2n) is 5.31. The lowest BCUT2D eigenvalue weighted by molar-refractivity contribution is -0.174. The van der Waals surface area contributed by atoms with Gasteiger partial charge in [-0.05, 0) is 24.6 Å². The number of esters is 1. The minimum absolute atomic E-state index is 0.0470. The number of ether oxygens (including phenoxy) is 1. The normalized spacial score (nSPS) is 13.9. The molecule has 0 radical (unpaired) electrons. The Bertz CT molecular complexity index is 617. The molecule has 1 atom stereocenters. The number of phenolic OH excluding ortho intramolecular Hbond substituents is 2. The molecule has 134 valence electrons. The number of carbonyl (C=O) groups is 2. The van der Waals surface area contributed by atoms with Gasteiger partial charge in [-0.1, -0.05) is 6.07 Å². The molecule has 1 aromatic rings. The molecular formula is C14H17F3N2O5. The van der Waals surface area contributed by atoms with Gasteiger partial charge in [0.05, 0.1) is 6.54 Å². The van der Waals surface area contributed by atoms with Crippen molar-refractivity contribution in [3.8, 4) is 11.5 Å². The smallest absolute Gasteiger partial charge is 0.471 e. The quantitative estimate of drug-likeness (QED) is 0.338. The maximum Gasteiger partial charge on any atom is 0.471 e. The van der Waals surface area contributed by atoms with Crippen molar-refractivity contribution in [2.45, 2.75) is 25.1 Å². The minimum Gasteiger partial charge on any atom is -0.504 e. The molecule has 1 unspecified atom stereocenters. The summed E-state index contributed by atoms with van der Waals surface area (Å²) in [6.45, 7) is 0.349. The Hall–Kier alpha value is -2.49. The number of benzene rings is 1. The number of amides is 1. The summed E-state index contributed by atoms with van der Waals surface area (Å²) in [5.74, 6) is -3.74. The third kappa shape index (κ3) is 5.61. The van der Waals surface area contributed by atoms with E-state index < -0.39 is 36.7 Å². The Morgan fingerprint density at radius 2 is 1.88 bits per heavy atom. The van der Waals surface area contributed by atoms with E-state index in [4.69, 9.17) is 10.5 Å². The Morgan fingerprint density at radius 3 is 2.42 bits per heavy atom. The van der Waals surface area contributed by atoms with Crippen molar-refractivity contribution in [3.63, 3.8) is 0 Å². The van der Waals surface area contributed by atoms with Crippen molar-refractivity contribution in [1.82, 2.24) is 5.32 Å². The average molecular weight is 350 g/mol. The van der Waals surface area contributed by atoms with Crippen LogP contribution in [0.3, 0.4) is 0 Å². The van der Waals surface area contributed by atoms with E-state index in [1.54, 1.807) is 5.32 Å². The fourth-order valence-electron chi connectivity index (χ4n) is 1.75. The fourth-order valence-corrected chi connectivity index (χ4v) is 1.75. The zero-order valence-electron chi connectivity index (χ0n) is 12.7. The molecule has 1 amide bonds. The van der Waals surface area contributed by atoms with Crippen molar-refractivity contribution < 1.29 is 37.7 Å². The van der Waals surface area contributed by atoms with E-state index >= 15 is 0 Å². The van der Waals surface area contributed by atoms with Gasteiger partial charge in [0.25, 0.3) is 0 Å². The monoisotopic (exact) mass is 350 g/mol. The molecule has 5 N–H and O–H groups in total. The average Bonchev–Trinajstić information content (AvgIpc) is 2.45. The molecule has 0 saturated heterocycles. The molecule has 0 aliphatic carbocycles. The summed E-state index contributed by atoms with van der Waals surface area (Å²) in [7, 11) is 0. The highest BCUT2D eigenvalue weighted by molar-refractivity contribution is 5.82. The van der Waals surface area contributed by atoms with Crippen LogP contribution in [0, 0.1) is 0 Å². The van der Waals surface area contributed by atoms with Crippen molar-refractivity contribution in [2.75, 3.05) is 13.2 Å². The van der Waals surface area contributed by atoms with Crippen molar-refractivity contribution >= 4 is 11.9 Å². The first-order valence-electron chi connectivity index (χ1n) is 6.75. The predicted molar refractivity (Wildman–Crippen MR) is 76.1 cm³/mol. The molecular weight excluding hydrogens is 333 g/mol. The van der Waals surface area contributed by atoms with Crippen LogP contribution in [-0.4, -0.2) is 47.0 Å². The van der Waals surface area contributed by atoms with E-state index in [9.17, 15) is 33.0 Å². The third-order valence-corrected chi connectivity index (χ3v) is 2.96. The van der Waals surface area contributed by atoms with Crippen LogP contribution < -0.4 is 11.1 Å². The first-order chi connectivity index (χ1) is 10.9. The zero-order valence-corrected chi connectivity index (χ0v) is 12.7. The zero-order chi connectivity index (χ0) is 18.5. The molecule has 10 heteroatoms. The number of alkyl halides is 3. The Labute approximate surface area is 135 Å². The van der Waals surface area contributed by atoms with E-state index in [2.05, 4.69) is 0 Å². The molecule has 0 spiro atoms. The van der Waals surface area contributed by atoms with Crippen LogP contribution in [0.4, 0.5) is 13.2 Å². The third-order valence-electron chi connectivity index (χ3n) is 2.96. The van der Waals surface area contributed by atoms with Crippen molar-refractivity contribution in [2.24, 2.45) is 5.73 Å². The summed E-state index contributed by atoms with van der Waals surface area (Å²) >= 11 is 0. The van der Waals surface area contributed by atoms with Gasteiger partial charge in [0.15, 0.2) is 11.5 Å². The van der Waals surface area contributed by atoms with E-state index in [0.717, 1.165) is 0 Å². The lowest BCUT2D eigenvalue weighted by Gasteiger charge is -2.23. The van der Waals surface area contributed by atoms with Gasteiger partial charge < -0.3 is 26.0 Å². The number of rotatable bonds is 6. The van der Waals surface area contributed by atoms with Gasteiger partial charge in [-0.3, -0.25) is 9.59 Å². The van der Waals surface area contributed by atoms with E-state index in [0.29, 0.717) is 5.56 Å². The summed E-state index contributed by atoms with van der Waals surface area (Å²) in [4.78, 5) is 22.4. The van der Waals surface area contributed by atoms with Crippen LogP contribution >= 0.6 is 0 Å². The van der Waals surface area contributed by atoms with Crippen LogP contribution in [0.5, 0.6) is 11.5 Å². The van der Waals surface area contributed by atoms with Gasteiger partial charge in [0.1, 0.15) is 12.1 Å². The van der Waals surface area contributed by atoms with Crippen LogP contribution in [0.25, 0.3) is 0 Å². The van der Waals surface area contributed by atoms with Crippen LogP contribution in [0.2, 0.25) is 0 Å². The Kier molecular flexibility index (Phi) is 6.02. The summed E-state index contributed by atoms with van der Waals surface area (Å²) < 4.78 is 40.6. The first-order valence-corrected chi connectivity index (χ1v) is 6.75. The first kappa shape index (κ1) is 19.6.